The molecular formula is C18H18N4O4. The maximum atomic E-state index is 11.3. The summed E-state index contributed by atoms with van der Waals surface area (Å²) in [5, 5.41) is 14.7. The van der Waals surface area contributed by atoms with Crippen LogP contribution in [0.25, 0.3) is 0 Å². The lowest BCUT2D eigenvalue weighted by atomic mass is 9.87. The number of aromatic nitrogens is 3. The van der Waals surface area contributed by atoms with Crippen molar-refractivity contribution in [2.24, 2.45) is 0 Å². The van der Waals surface area contributed by atoms with E-state index in [4.69, 9.17) is 9.57 Å². The Kier molecular flexibility index (Phi) is 5.12. The van der Waals surface area contributed by atoms with Gasteiger partial charge in [0.2, 0.25) is 0 Å². The van der Waals surface area contributed by atoms with E-state index in [-0.39, 0.29) is 6.54 Å². The molecule has 8 heteroatoms. The zero-order valence-corrected chi connectivity index (χ0v) is 14.2. The Balaban J connectivity index is 2.07. The zero-order chi connectivity index (χ0) is 18.4. The fourth-order valence-corrected chi connectivity index (χ4v) is 2.90. The van der Waals surface area contributed by atoms with Crippen LogP contribution in [0.1, 0.15) is 11.1 Å². The highest BCUT2D eigenvalue weighted by Gasteiger charge is 2.38. The fraction of sp³-hybridized carbons (Fsp3) is 0.222. The lowest BCUT2D eigenvalue weighted by Crippen LogP contribution is -2.39. The Morgan fingerprint density at radius 1 is 1.15 bits per heavy atom. The molecule has 1 aromatic heterocycles. The molecule has 0 N–H and O–H groups in total. The van der Waals surface area contributed by atoms with Gasteiger partial charge in [0.15, 0.2) is 5.60 Å². The second-order valence-electron chi connectivity index (χ2n) is 5.79. The van der Waals surface area contributed by atoms with Crippen molar-refractivity contribution in [2.75, 3.05) is 7.11 Å². The van der Waals surface area contributed by atoms with E-state index in [0.29, 0.717) is 17.7 Å². The summed E-state index contributed by atoms with van der Waals surface area (Å²) >= 11 is 0. The maximum Gasteiger partial charge on any atom is 0.295 e. The first-order chi connectivity index (χ1) is 12.6. The second-order valence-corrected chi connectivity index (χ2v) is 5.79. The summed E-state index contributed by atoms with van der Waals surface area (Å²) in [5.41, 5.74) is 0.296. The van der Waals surface area contributed by atoms with E-state index in [0.717, 1.165) is 5.56 Å². The van der Waals surface area contributed by atoms with Gasteiger partial charge in [-0.15, -0.1) is 10.1 Å². The molecule has 0 saturated carbocycles. The average molecular weight is 354 g/mol. The molecule has 1 atom stereocenters. The van der Waals surface area contributed by atoms with Gasteiger partial charge >= 0.3 is 0 Å². The first-order valence-corrected chi connectivity index (χ1v) is 7.96. The molecule has 3 aromatic rings. The molecule has 1 heterocycles. The van der Waals surface area contributed by atoms with E-state index in [1.807, 2.05) is 30.3 Å². The number of benzene rings is 2. The second kappa shape index (κ2) is 7.64. The zero-order valence-electron chi connectivity index (χ0n) is 14.2. The van der Waals surface area contributed by atoms with Crippen molar-refractivity contribution in [1.82, 2.24) is 14.8 Å². The number of hydrogen-bond acceptors (Lipinski definition) is 6. The van der Waals surface area contributed by atoms with E-state index in [9.17, 15) is 10.1 Å². The highest BCUT2D eigenvalue weighted by atomic mass is 17.0. The predicted molar refractivity (Wildman–Crippen MR) is 92.9 cm³/mol. The van der Waals surface area contributed by atoms with Crippen LogP contribution in [0.5, 0.6) is 5.75 Å². The monoisotopic (exact) mass is 354 g/mol. The molecule has 2 aromatic carbocycles. The van der Waals surface area contributed by atoms with Crippen LogP contribution in [0.15, 0.2) is 67.3 Å². The van der Waals surface area contributed by atoms with Crippen LogP contribution in [0, 0.1) is 10.1 Å². The molecule has 26 heavy (non-hydrogen) atoms. The largest absolute Gasteiger partial charge is 0.497 e. The molecule has 0 saturated heterocycles. The van der Waals surface area contributed by atoms with E-state index >= 15 is 0 Å². The summed E-state index contributed by atoms with van der Waals surface area (Å²) < 4.78 is 6.71. The molecule has 0 aliphatic heterocycles. The topological polar surface area (TPSA) is 92.3 Å². The van der Waals surface area contributed by atoms with Crippen molar-refractivity contribution in [1.29, 1.82) is 0 Å². The number of methoxy groups -OCH3 is 1. The first kappa shape index (κ1) is 17.4. The van der Waals surface area contributed by atoms with Crippen molar-refractivity contribution in [2.45, 2.75) is 18.6 Å². The Morgan fingerprint density at radius 3 is 2.46 bits per heavy atom. The summed E-state index contributed by atoms with van der Waals surface area (Å²) in [6, 6.07) is 16.5. The standard InChI is InChI=1S/C18H18N4O4/c1-25-17-9-7-16(8-10-17)18(26-22(23)24,12-21-14-19-13-20-21)11-15-5-3-2-4-6-15/h2-10,13-14H,11-12H2,1H3. The highest BCUT2D eigenvalue weighted by Crippen LogP contribution is 2.33. The van der Waals surface area contributed by atoms with Gasteiger partial charge in [-0.25, -0.2) is 4.98 Å². The Bertz CT molecular complexity index is 837. The maximum absolute atomic E-state index is 11.3. The first-order valence-electron chi connectivity index (χ1n) is 7.96. The molecule has 8 nitrogen and oxygen atoms in total. The van der Waals surface area contributed by atoms with Gasteiger partial charge in [-0.3, -0.25) is 4.68 Å². The molecule has 1 unspecified atom stereocenters. The van der Waals surface area contributed by atoms with Crippen LogP contribution in [-0.2, 0) is 23.4 Å². The van der Waals surface area contributed by atoms with Crippen molar-refractivity contribution in [3.05, 3.63) is 88.5 Å². The number of rotatable bonds is 8. The van der Waals surface area contributed by atoms with Crippen molar-refractivity contribution < 1.29 is 14.7 Å². The van der Waals surface area contributed by atoms with Crippen LogP contribution < -0.4 is 4.74 Å². The third-order valence-corrected chi connectivity index (χ3v) is 4.08. The van der Waals surface area contributed by atoms with Gasteiger partial charge in [0.1, 0.15) is 18.4 Å². The third kappa shape index (κ3) is 3.97. The van der Waals surface area contributed by atoms with Crippen LogP contribution in [-0.4, -0.2) is 27.0 Å². The predicted octanol–water partition coefficient (Wildman–Crippen LogP) is 2.63. The highest BCUT2D eigenvalue weighted by molar-refractivity contribution is 5.33. The molecule has 3 rings (SSSR count). The molecule has 0 aliphatic rings. The summed E-state index contributed by atoms with van der Waals surface area (Å²) in [7, 11) is 1.56. The van der Waals surface area contributed by atoms with Crippen LogP contribution in [0.3, 0.4) is 0 Å². The quantitative estimate of drug-likeness (QED) is 0.456. The number of nitrogens with zero attached hydrogens (tertiary/aromatic N) is 4. The van der Waals surface area contributed by atoms with Gasteiger partial charge in [0.25, 0.3) is 5.09 Å². The van der Waals surface area contributed by atoms with Gasteiger partial charge < -0.3 is 9.57 Å². The van der Waals surface area contributed by atoms with Gasteiger partial charge in [-0.1, -0.05) is 42.5 Å². The lowest BCUT2D eigenvalue weighted by Gasteiger charge is -2.32. The Labute approximate surface area is 150 Å². The molecule has 0 bridgehead atoms. The summed E-state index contributed by atoms with van der Waals surface area (Å²) in [6.07, 6.45) is 3.18. The smallest absolute Gasteiger partial charge is 0.295 e. The minimum atomic E-state index is -1.26. The van der Waals surface area contributed by atoms with E-state index in [1.54, 1.807) is 31.4 Å². The third-order valence-electron chi connectivity index (χ3n) is 4.08. The SMILES string of the molecule is COc1ccc(C(Cc2ccccc2)(Cn2cncn2)O[N+](=O)[O-])cc1. The Hall–Kier alpha value is -3.42. The molecule has 0 radical (unpaired) electrons. The van der Waals surface area contributed by atoms with Crippen LogP contribution in [0.4, 0.5) is 0 Å². The number of ether oxygens (including phenoxy) is 1. The Morgan fingerprint density at radius 2 is 1.88 bits per heavy atom. The molecule has 134 valence electrons. The summed E-state index contributed by atoms with van der Waals surface area (Å²) in [4.78, 5) is 20.5. The minimum absolute atomic E-state index is 0.134. The van der Waals surface area contributed by atoms with E-state index < -0.39 is 10.7 Å². The van der Waals surface area contributed by atoms with Gasteiger partial charge in [-0.05, 0) is 23.3 Å². The average Bonchev–Trinajstić information content (AvgIpc) is 3.15. The van der Waals surface area contributed by atoms with Gasteiger partial charge in [-0.2, -0.15) is 5.10 Å². The molecule has 0 amide bonds. The molecule has 0 spiro atoms. The minimum Gasteiger partial charge on any atom is -0.497 e. The van der Waals surface area contributed by atoms with Crippen molar-refractivity contribution in [3.63, 3.8) is 0 Å². The number of hydrogen-bond donors (Lipinski definition) is 0. The molecule has 0 aliphatic carbocycles. The van der Waals surface area contributed by atoms with Crippen molar-refractivity contribution in [3.8, 4) is 5.75 Å². The van der Waals surface area contributed by atoms with Gasteiger partial charge in [0.05, 0.1) is 13.7 Å². The van der Waals surface area contributed by atoms with E-state index in [1.165, 1.54) is 17.3 Å². The lowest BCUT2D eigenvalue weighted by molar-refractivity contribution is -0.785. The van der Waals surface area contributed by atoms with Crippen molar-refractivity contribution >= 4 is 0 Å². The van der Waals surface area contributed by atoms with Crippen LogP contribution >= 0.6 is 0 Å². The summed E-state index contributed by atoms with van der Waals surface area (Å²) in [6.45, 7) is 0.134. The molecule has 0 fully saturated rings. The molecular weight excluding hydrogens is 336 g/mol. The fourth-order valence-electron chi connectivity index (χ4n) is 2.90. The van der Waals surface area contributed by atoms with Gasteiger partial charge in [0, 0.05) is 6.42 Å². The van der Waals surface area contributed by atoms with E-state index in [2.05, 4.69) is 10.1 Å². The normalized spacial score (nSPS) is 13.0. The van der Waals surface area contributed by atoms with Crippen LogP contribution in [0.2, 0.25) is 0 Å². The summed E-state index contributed by atoms with van der Waals surface area (Å²) in [5.74, 6) is 0.657.